The van der Waals surface area contributed by atoms with Crippen LogP contribution < -0.4 is 9.92 Å². The summed E-state index contributed by atoms with van der Waals surface area (Å²) >= 11 is 0. The first-order valence-electron chi connectivity index (χ1n) is 8.38. The van der Waals surface area contributed by atoms with Gasteiger partial charge in [0.15, 0.2) is 0 Å². The highest BCUT2D eigenvalue weighted by atomic mass is 28.2. The summed E-state index contributed by atoms with van der Waals surface area (Å²) in [6, 6.07) is 20.1. The van der Waals surface area contributed by atoms with Crippen molar-refractivity contribution in [3.05, 3.63) is 60.2 Å². The van der Waals surface area contributed by atoms with E-state index in [0.717, 1.165) is 28.5 Å². The summed E-state index contributed by atoms with van der Waals surface area (Å²) in [7, 11) is 2.62. The van der Waals surface area contributed by atoms with Gasteiger partial charge in [-0.15, -0.1) is 0 Å². The summed E-state index contributed by atoms with van der Waals surface area (Å²) in [5.41, 5.74) is 1.26. The van der Waals surface area contributed by atoms with Crippen molar-refractivity contribution in [1.29, 1.82) is 0 Å². The number of ether oxygens (including phenoxy) is 2. The molecule has 0 aromatic heterocycles. The zero-order valence-corrected chi connectivity index (χ0v) is 15.0. The molecular weight excluding hydrogens is 300 g/mol. The predicted octanol–water partition coefficient (Wildman–Crippen LogP) is 4.22. The molecule has 0 amide bonds. The minimum Gasteiger partial charge on any atom is -0.497 e. The third-order valence-electron chi connectivity index (χ3n) is 3.75. The van der Waals surface area contributed by atoms with Crippen LogP contribution in [-0.2, 0) is 11.3 Å². The van der Waals surface area contributed by atoms with Gasteiger partial charge in [0, 0.05) is 6.61 Å². The molecule has 122 valence electrons. The molecule has 2 aromatic carbocycles. The van der Waals surface area contributed by atoms with E-state index in [1.54, 1.807) is 7.11 Å². The van der Waals surface area contributed by atoms with Gasteiger partial charge in [-0.2, -0.15) is 0 Å². The molecule has 0 aliphatic carbocycles. The summed E-state index contributed by atoms with van der Waals surface area (Å²) in [4.78, 5) is 0. The fourth-order valence-electron chi connectivity index (χ4n) is 2.39. The van der Waals surface area contributed by atoms with Crippen LogP contribution in [0.25, 0.3) is 0 Å². The van der Waals surface area contributed by atoms with E-state index in [2.05, 4.69) is 36.4 Å². The Hall–Kier alpha value is -1.58. The molecule has 0 heterocycles. The minimum absolute atomic E-state index is 0.736. The first kappa shape index (κ1) is 17.8. The lowest BCUT2D eigenvalue weighted by atomic mass is 10.2. The van der Waals surface area contributed by atoms with Crippen LogP contribution in [0.15, 0.2) is 54.6 Å². The summed E-state index contributed by atoms with van der Waals surface area (Å²) in [6.07, 6.45) is 5.04. The van der Waals surface area contributed by atoms with Gasteiger partial charge >= 0.3 is 0 Å². The molecule has 0 atom stereocenters. The Balaban J connectivity index is 1.43. The van der Waals surface area contributed by atoms with E-state index in [4.69, 9.17) is 9.47 Å². The number of rotatable bonds is 11. The molecule has 23 heavy (non-hydrogen) atoms. The van der Waals surface area contributed by atoms with E-state index < -0.39 is 0 Å². The molecule has 0 aliphatic rings. The highest BCUT2D eigenvalue weighted by Gasteiger charge is 1.97. The SMILES string of the molecule is COc1ccc([Si]CCCCCCOCc2ccccc2)cc1. The topological polar surface area (TPSA) is 18.5 Å². The van der Waals surface area contributed by atoms with Crippen molar-refractivity contribution in [2.45, 2.75) is 38.3 Å². The lowest BCUT2D eigenvalue weighted by Gasteiger charge is -2.05. The number of hydrogen-bond acceptors (Lipinski definition) is 2. The molecule has 0 saturated heterocycles. The molecule has 2 aromatic rings. The van der Waals surface area contributed by atoms with Crippen molar-refractivity contribution in [2.24, 2.45) is 0 Å². The van der Waals surface area contributed by atoms with Crippen molar-refractivity contribution < 1.29 is 9.47 Å². The van der Waals surface area contributed by atoms with Crippen LogP contribution in [0.2, 0.25) is 6.04 Å². The van der Waals surface area contributed by atoms with Crippen LogP contribution in [0.4, 0.5) is 0 Å². The predicted molar refractivity (Wildman–Crippen MR) is 97.8 cm³/mol. The van der Waals surface area contributed by atoms with E-state index in [0.29, 0.717) is 0 Å². The summed E-state index contributed by atoms with van der Waals surface area (Å²) in [5, 5.41) is 1.43. The summed E-state index contributed by atoms with van der Waals surface area (Å²) < 4.78 is 10.9. The van der Waals surface area contributed by atoms with Gasteiger partial charge in [0.1, 0.15) is 5.75 Å². The van der Waals surface area contributed by atoms with E-state index in [1.807, 2.05) is 18.2 Å². The van der Waals surface area contributed by atoms with Crippen molar-refractivity contribution in [3.63, 3.8) is 0 Å². The molecular formula is C20H26O2Si. The number of hydrogen-bond donors (Lipinski definition) is 0. The Labute approximate surface area is 142 Å². The Morgan fingerprint density at radius 1 is 0.826 bits per heavy atom. The normalized spacial score (nSPS) is 10.7. The highest BCUT2D eigenvalue weighted by Crippen LogP contribution is 2.08. The van der Waals surface area contributed by atoms with Gasteiger partial charge in [0.2, 0.25) is 0 Å². The van der Waals surface area contributed by atoms with Crippen molar-refractivity contribution >= 4 is 14.7 Å². The zero-order chi connectivity index (χ0) is 16.2. The van der Waals surface area contributed by atoms with Gasteiger partial charge in [-0.25, -0.2) is 0 Å². The number of benzene rings is 2. The molecule has 0 aliphatic heterocycles. The van der Waals surface area contributed by atoms with Crippen LogP contribution in [-0.4, -0.2) is 23.2 Å². The second-order valence-electron chi connectivity index (χ2n) is 5.61. The van der Waals surface area contributed by atoms with Crippen LogP contribution in [0.1, 0.15) is 31.2 Å². The molecule has 0 fully saturated rings. The molecule has 3 heteroatoms. The highest BCUT2D eigenvalue weighted by molar-refractivity contribution is 6.53. The van der Waals surface area contributed by atoms with Crippen molar-refractivity contribution in [3.8, 4) is 5.75 Å². The molecule has 0 N–H and O–H groups in total. The maximum Gasteiger partial charge on any atom is 0.118 e. The third-order valence-corrected chi connectivity index (χ3v) is 5.09. The maximum atomic E-state index is 5.71. The maximum absolute atomic E-state index is 5.71. The quantitative estimate of drug-likeness (QED) is 0.455. The van der Waals surface area contributed by atoms with Gasteiger partial charge in [-0.05, 0) is 24.1 Å². The second kappa shape index (κ2) is 11.0. The molecule has 0 bridgehead atoms. The number of unbranched alkanes of at least 4 members (excludes halogenated alkanes) is 3. The molecule has 0 unspecified atom stereocenters. The van der Waals surface area contributed by atoms with Gasteiger partial charge in [-0.3, -0.25) is 0 Å². The monoisotopic (exact) mass is 326 g/mol. The molecule has 2 rings (SSSR count). The first-order valence-corrected chi connectivity index (χ1v) is 9.59. The number of methoxy groups -OCH3 is 1. The Bertz CT molecular complexity index is 525. The summed E-state index contributed by atoms with van der Waals surface area (Å²) in [5.74, 6) is 0.939. The molecule has 0 spiro atoms. The Morgan fingerprint density at radius 3 is 2.30 bits per heavy atom. The van der Waals surface area contributed by atoms with E-state index in [1.165, 1.54) is 42.5 Å². The molecule has 0 saturated carbocycles. The van der Waals surface area contributed by atoms with Gasteiger partial charge in [-0.1, -0.05) is 73.0 Å². The summed E-state index contributed by atoms with van der Waals surface area (Å²) in [6.45, 7) is 1.61. The van der Waals surface area contributed by atoms with Gasteiger partial charge < -0.3 is 9.47 Å². The van der Waals surface area contributed by atoms with Crippen LogP contribution in [0, 0.1) is 0 Å². The second-order valence-corrected chi connectivity index (χ2v) is 7.04. The lowest BCUT2D eigenvalue weighted by Crippen LogP contribution is -2.12. The van der Waals surface area contributed by atoms with Crippen LogP contribution in [0.3, 0.4) is 0 Å². The van der Waals surface area contributed by atoms with E-state index in [-0.39, 0.29) is 0 Å². The van der Waals surface area contributed by atoms with Crippen molar-refractivity contribution in [1.82, 2.24) is 0 Å². The lowest BCUT2D eigenvalue weighted by molar-refractivity contribution is 0.117. The first-order chi connectivity index (χ1) is 11.4. The van der Waals surface area contributed by atoms with Crippen LogP contribution in [0.5, 0.6) is 5.75 Å². The average Bonchev–Trinajstić information content (AvgIpc) is 2.61. The van der Waals surface area contributed by atoms with Crippen LogP contribution >= 0.6 is 0 Å². The van der Waals surface area contributed by atoms with Crippen molar-refractivity contribution in [2.75, 3.05) is 13.7 Å². The largest absolute Gasteiger partial charge is 0.497 e. The Morgan fingerprint density at radius 2 is 1.57 bits per heavy atom. The van der Waals surface area contributed by atoms with E-state index >= 15 is 0 Å². The van der Waals surface area contributed by atoms with Gasteiger partial charge in [0.25, 0.3) is 0 Å². The molecule has 2 radical (unpaired) electrons. The minimum atomic E-state index is 0.736. The smallest absolute Gasteiger partial charge is 0.118 e. The standard InChI is InChI=1S/C20H26O2Si/c1-21-19-11-13-20(14-12-19)23-16-8-3-2-7-15-22-17-18-9-5-4-6-10-18/h4-6,9-14H,2-3,7-8,15-17H2,1H3. The Kier molecular flexibility index (Phi) is 8.52. The van der Waals surface area contributed by atoms with E-state index in [9.17, 15) is 0 Å². The fraction of sp³-hybridized carbons (Fsp3) is 0.400. The zero-order valence-electron chi connectivity index (χ0n) is 14.0. The van der Waals surface area contributed by atoms with Gasteiger partial charge in [0.05, 0.1) is 23.2 Å². The fourth-order valence-corrected chi connectivity index (χ4v) is 3.51. The third kappa shape index (κ3) is 7.49. The average molecular weight is 327 g/mol. The molecule has 2 nitrogen and oxygen atoms in total.